The second-order valence-corrected chi connectivity index (χ2v) is 8.06. The van der Waals surface area contributed by atoms with Crippen molar-refractivity contribution in [3.63, 3.8) is 0 Å². The molecule has 0 atom stereocenters. The van der Waals surface area contributed by atoms with E-state index < -0.39 is 0 Å². The Labute approximate surface area is 180 Å². The van der Waals surface area contributed by atoms with Gasteiger partial charge in [0, 0.05) is 37.0 Å². The molecule has 0 radical (unpaired) electrons. The van der Waals surface area contributed by atoms with Gasteiger partial charge < -0.3 is 15.5 Å². The lowest BCUT2D eigenvalue weighted by Gasteiger charge is -2.36. The number of rotatable bonds is 3. The van der Waals surface area contributed by atoms with Crippen LogP contribution in [-0.2, 0) is 4.79 Å². The Morgan fingerprint density at radius 1 is 1.23 bits per heavy atom. The number of benzene rings is 1. The van der Waals surface area contributed by atoms with Gasteiger partial charge in [0.25, 0.3) is 0 Å². The summed E-state index contributed by atoms with van der Waals surface area (Å²) < 4.78 is 12.6. The van der Waals surface area contributed by atoms with Crippen LogP contribution in [0.15, 0.2) is 35.5 Å². The van der Waals surface area contributed by atoms with E-state index in [1.807, 2.05) is 17.2 Å². The maximum absolute atomic E-state index is 12.6. The number of aromatic nitrogens is 2. The van der Waals surface area contributed by atoms with E-state index in [1.54, 1.807) is 24.5 Å². The van der Waals surface area contributed by atoms with Crippen LogP contribution in [0.5, 0.6) is 0 Å². The molecule has 0 spiro atoms. The average Bonchev–Trinajstić information content (AvgIpc) is 3.22. The number of amides is 1. The molecule has 7 nitrogen and oxygen atoms in total. The first-order chi connectivity index (χ1) is 14.5. The quantitative estimate of drug-likeness (QED) is 0.592. The van der Waals surface area contributed by atoms with Crippen molar-refractivity contribution in [2.24, 2.45) is 0 Å². The van der Waals surface area contributed by atoms with Crippen LogP contribution in [-0.4, -0.2) is 52.7 Å². The first kappa shape index (κ1) is 21.8. The number of nitriles is 1. The summed E-state index contributed by atoms with van der Waals surface area (Å²) in [5.41, 5.74) is 5.94. The molecule has 0 unspecified atom stereocenters. The van der Waals surface area contributed by atoms with Crippen molar-refractivity contribution in [3.8, 4) is 6.07 Å². The second-order valence-electron chi connectivity index (χ2n) is 7.18. The van der Waals surface area contributed by atoms with E-state index in [0.29, 0.717) is 29.9 Å². The maximum atomic E-state index is 12.6. The summed E-state index contributed by atoms with van der Waals surface area (Å²) in [6.07, 6.45) is 8.64. The lowest BCUT2D eigenvalue weighted by atomic mass is 10.0. The van der Waals surface area contributed by atoms with Gasteiger partial charge >= 0.3 is 0 Å². The minimum absolute atomic E-state index is 0.206. The standard InChI is InChI=1S/C14H17N5O.C7H8FNS/c15-8-11-9-16-14(17-10-11)18-6-3-12(4-7-18)19-5-1-2-13(19)20;1-10-5-2-3-7(9)6(8)4-5/h9-10,12H,1-7H2;2-4H,9H2,1H3. The Morgan fingerprint density at radius 3 is 2.47 bits per heavy atom. The van der Waals surface area contributed by atoms with Gasteiger partial charge in [-0.05, 0) is 43.7 Å². The molecule has 4 rings (SSSR count). The number of thioether (sulfide) groups is 1. The van der Waals surface area contributed by atoms with Crippen LogP contribution in [0.3, 0.4) is 0 Å². The van der Waals surface area contributed by atoms with E-state index >= 15 is 0 Å². The van der Waals surface area contributed by atoms with Crippen LogP contribution >= 0.6 is 11.8 Å². The molecule has 0 bridgehead atoms. The highest BCUT2D eigenvalue weighted by Gasteiger charge is 2.31. The zero-order valence-corrected chi connectivity index (χ0v) is 17.7. The van der Waals surface area contributed by atoms with Crippen molar-refractivity contribution in [2.45, 2.75) is 36.6 Å². The molecule has 1 aromatic carbocycles. The molecular weight excluding hydrogens is 403 g/mol. The Hall–Kier alpha value is -2.86. The predicted molar refractivity (Wildman–Crippen MR) is 116 cm³/mol. The van der Waals surface area contributed by atoms with Gasteiger partial charge in [-0.1, -0.05) is 0 Å². The lowest BCUT2D eigenvalue weighted by Crippen LogP contribution is -2.45. The van der Waals surface area contributed by atoms with Gasteiger partial charge in [0.1, 0.15) is 11.9 Å². The molecule has 158 valence electrons. The molecule has 2 aliphatic heterocycles. The fraction of sp³-hybridized carbons (Fsp3) is 0.429. The van der Waals surface area contributed by atoms with Gasteiger partial charge in [-0.25, -0.2) is 14.4 Å². The summed E-state index contributed by atoms with van der Waals surface area (Å²) in [4.78, 5) is 25.3. The van der Waals surface area contributed by atoms with Gasteiger partial charge in [0.15, 0.2) is 0 Å². The van der Waals surface area contributed by atoms with Gasteiger partial charge in [-0.2, -0.15) is 5.26 Å². The third-order valence-corrected chi connectivity index (χ3v) is 6.00. The highest BCUT2D eigenvalue weighted by Crippen LogP contribution is 2.23. The third-order valence-electron chi connectivity index (χ3n) is 5.27. The van der Waals surface area contributed by atoms with E-state index in [9.17, 15) is 9.18 Å². The molecule has 2 aromatic rings. The molecule has 1 amide bonds. The molecule has 30 heavy (non-hydrogen) atoms. The molecule has 0 saturated carbocycles. The van der Waals surface area contributed by atoms with Crippen LogP contribution in [0.4, 0.5) is 16.0 Å². The van der Waals surface area contributed by atoms with E-state index in [1.165, 1.54) is 17.8 Å². The molecular formula is C21H25FN6OS. The number of hydrogen-bond acceptors (Lipinski definition) is 7. The number of hydrogen-bond donors (Lipinski definition) is 1. The number of nitrogens with two attached hydrogens (primary N) is 1. The summed E-state index contributed by atoms with van der Waals surface area (Å²) >= 11 is 1.50. The normalized spacial score (nSPS) is 16.8. The third kappa shape index (κ3) is 5.39. The number of nitrogens with zero attached hydrogens (tertiary/aromatic N) is 5. The number of carbonyl (C=O) groups is 1. The highest BCUT2D eigenvalue weighted by atomic mass is 32.2. The van der Waals surface area contributed by atoms with E-state index in [-0.39, 0.29) is 11.5 Å². The topological polar surface area (TPSA) is 99.1 Å². The zero-order valence-electron chi connectivity index (χ0n) is 16.9. The zero-order chi connectivity index (χ0) is 21.5. The summed E-state index contributed by atoms with van der Waals surface area (Å²) in [6.45, 7) is 2.64. The number of likely N-dealkylation sites (tertiary alicyclic amines) is 1. The summed E-state index contributed by atoms with van der Waals surface area (Å²) in [6, 6.07) is 7.19. The van der Waals surface area contributed by atoms with Crippen LogP contribution in [0, 0.1) is 17.1 Å². The monoisotopic (exact) mass is 428 g/mol. The molecule has 0 aliphatic carbocycles. The number of nitrogen functional groups attached to an aromatic ring is 1. The Morgan fingerprint density at radius 2 is 1.93 bits per heavy atom. The summed E-state index contributed by atoms with van der Waals surface area (Å²) in [7, 11) is 0. The Balaban J connectivity index is 0.000000216. The SMILES string of the molecule is CSc1ccc(N)c(F)c1.N#Cc1cnc(N2CCC(N3CCCC3=O)CC2)nc1. The van der Waals surface area contributed by atoms with Crippen molar-refractivity contribution in [1.82, 2.24) is 14.9 Å². The van der Waals surface area contributed by atoms with E-state index in [4.69, 9.17) is 11.0 Å². The van der Waals surface area contributed by atoms with Crippen LogP contribution in [0.2, 0.25) is 0 Å². The smallest absolute Gasteiger partial charge is 0.225 e. The lowest BCUT2D eigenvalue weighted by molar-refractivity contribution is -0.130. The molecule has 2 aliphatic rings. The average molecular weight is 429 g/mol. The van der Waals surface area contributed by atoms with E-state index in [2.05, 4.69) is 14.9 Å². The first-order valence-corrected chi connectivity index (χ1v) is 11.1. The molecule has 1 aromatic heterocycles. The maximum Gasteiger partial charge on any atom is 0.225 e. The van der Waals surface area contributed by atoms with Crippen molar-refractivity contribution in [2.75, 3.05) is 36.5 Å². The number of anilines is 2. The fourth-order valence-electron chi connectivity index (χ4n) is 3.61. The van der Waals surface area contributed by atoms with Gasteiger partial charge in [-0.15, -0.1) is 11.8 Å². The van der Waals surface area contributed by atoms with Crippen LogP contribution in [0.1, 0.15) is 31.2 Å². The minimum Gasteiger partial charge on any atom is -0.396 e. The Kier molecular flexibility index (Phi) is 7.46. The van der Waals surface area contributed by atoms with Gasteiger partial charge in [-0.3, -0.25) is 4.79 Å². The minimum atomic E-state index is -0.341. The van der Waals surface area contributed by atoms with Crippen molar-refractivity contribution >= 4 is 29.3 Å². The summed E-state index contributed by atoms with van der Waals surface area (Å²) in [5.74, 6) is 0.639. The molecule has 2 N–H and O–H groups in total. The van der Waals surface area contributed by atoms with Crippen molar-refractivity contribution in [3.05, 3.63) is 42.0 Å². The van der Waals surface area contributed by atoms with Crippen molar-refractivity contribution in [1.29, 1.82) is 5.26 Å². The van der Waals surface area contributed by atoms with E-state index in [0.717, 1.165) is 43.8 Å². The number of halogens is 1. The largest absolute Gasteiger partial charge is 0.396 e. The van der Waals surface area contributed by atoms with Gasteiger partial charge in [0.05, 0.1) is 23.6 Å². The van der Waals surface area contributed by atoms with Crippen LogP contribution in [0.25, 0.3) is 0 Å². The second kappa shape index (κ2) is 10.3. The van der Waals surface area contributed by atoms with Crippen molar-refractivity contribution < 1.29 is 9.18 Å². The molecule has 3 heterocycles. The molecule has 9 heteroatoms. The van der Waals surface area contributed by atoms with Crippen LogP contribution < -0.4 is 10.6 Å². The van der Waals surface area contributed by atoms with Gasteiger partial charge in [0.2, 0.25) is 11.9 Å². The Bertz CT molecular complexity index is 909. The molecule has 2 saturated heterocycles. The highest BCUT2D eigenvalue weighted by molar-refractivity contribution is 7.98. The number of carbonyl (C=O) groups excluding carboxylic acids is 1. The molecule has 2 fully saturated rings. The fourth-order valence-corrected chi connectivity index (χ4v) is 4.04. The number of piperidine rings is 1. The predicted octanol–water partition coefficient (Wildman–Crippen LogP) is 3.07. The first-order valence-electron chi connectivity index (χ1n) is 9.87. The summed E-state index contributed by atoms with van der Waals surface area (Å²) in [5, 5.41) is 8.74.